The zero-order chi connectivity index (χ0) is 14.8. The highest BCUT2D eigenvalue weighted by Crippen LogP contribution is 2.23. The number of benzene rings is 1. The lowest BCUT2D eigenvalue weighted by Gasteiger charge is -2.02. The molecule has 0 fully saturated rings. The lowest BCUT2D eigenvalue weighted by atomic mass is 10.2. The average Bonchev–Trinajstić information content (AvgIpc) is 2.92. The monoisotopic (exact) mass is 282 g/mol. The third kappa shape index (κ3) is 2.45. The highest BCUT2D eigenvalue weighted by molar-refractivity contribution is 5.87. The Hall–Kier alpha value is -2.82. The highest BCUT2D eigenvalue weighted by Gasteiger charge is 2.11. The third-order valence-electron chi connectivity index (χ3n) is 3.17. The van der Waals surface area contributed by atoms with Crippen molar-refractivity contribution in [1.82, 2.24) is 9.38 Å². The fourth-order valence-electron chi connectivity index (χ4n) is 2.21. The molecular weight excluding hydrogens is 268 g/mol. The van der Waals surface area contributed by atoms with Crippen molar-refractivity contribution >= 4 is 11.6 Å². The highest BCUT2D eigenvalue weighted by atomic mass is 16.5. The smallest absolute Gasteiger partial charge is 0.352 e. The van der Waals surface area contributed by atoms with Gasteiger partial charge in [0.2, 0.25) is 0 Å². The lowest BCUT2D eigenvalue weighted by molar-refractivity contribution is 0.0689. The molecule has 0 bridgehead atoms. The number of carbonyl (C=O) groups is 1. The molecule has 1 aromatic carbocycles. The first-order valence-corrected chi connectivity index (χ1v) is 6.63. The van der Waals surface area contributed by atoms with Crippen molar-refractivity contribution in [2.24, 2.45) is 0 Å². The van der Waals surface area contributed by atoms with E-state index in [2.05, 4.69) is 4.98 Å². The second-order valence-electron chi connectivity index (χ2n) is 4.53. The van der Waals surface area contributed by atoms with Crippen LogP contribution >= 0.6 is 0 Å². The summed E-state index contributed by atoms with van der Waals surface area (Å²) in [4.78, 5) is 15.7. The summed E-state index contributed by atoms with van der Waals surface area (Å²) < 4.78 is 6.98. The molecule has 0 saturated heterocycles. The van der Waals surface area contributed by atoms with Crippen molar-refractivity contribution in [2.45, 2.75) is 6.92 Å². The molecule has 0 aliphatic heterocycles. The van der Waals surface area contributed by atoms with E-state index in [0.29, 0.717) is 12.3 Å². The van der Waals surface area contributed by atoms with Gasteiger partial charge in [0.25, 0.3) is 0 Å². The van der Waals surface area contributed by atoms with E-state index in [-0.39, 0.29) is 5.69 Å². The van der Waals surface area contributed by atoms with Crippen LogP contribution in [0, 0.1) is 0 Å². The first-order valence-electron chi connectivity index (χ1n) is 6.63. The molecule has 3 rings (SSSR count). The number of hydrogen-bond acceptors (Lipinski definition) is 3. The van der Waals surface area contributed by atoms with Gasteiger partial charge in [-0.05, 0) is 43.3 Å². The molecule has 2 aromatic heterocycles. The van der Waals surface area contributed by atoms with Crippen LogP contribution in [0.2, 0.25) is 0 Å². The van der Waals surface area contributed by atoms with Crippen LogP contribution in [0.1, 0.15) is 17.4 Å². The molecule has 0 aliphatic carbocycles. The Kier molecular flexibility index (Phi) is 3.31. The second kappa shape index (κ2) is 5.28. The molecule has 0 unspecified atom stereocenters. The maximum Gasteiger partial charge on any atom is 0.352 e. The minimum Gasteiger partial charge on any atom is -0.494 e. The van der Waals surface area contributed by atoms with E-state index in [1.807, 2.05) is 31.2 Å². The number of imidazole rings is 1. The van der Waals surface area contributed by atoms with E-state index >= 15 is 0 Å². The molecule has 5 nitrogen and oxygen atoms in total. The second-order valence-corrected chi connectivity index (χ2v) is 4.53. The first-order chi connectivity index (χ1) is 10.2. The summed E-state index contributed by atoms with van der Waals surface area (Å²) in [5.74, 6) is -0.174. The van der Waals surface area contributed by atoms with Gasteiger partial charge in [-0.15, -0.1) is 0 Å². The van der Waals surface area contributed by atoms with Gasteiger partial charge in [0.1, 0.15) is 17.1 Å². The zero-order valence-electron chi connectivity index (χ0n) is 11.5. The molecule has 1 N–H and O–H groups in total. The Labute approximate surface area is 121 Å². The van der Waals surface area contributed by atoms with Gasteiger partial charge in [-0.1, -0.05) is 6.07 Å². The molecule has 5 heteroatoms. The van der Waals surface area contributed by atoms with E-state index in [9.17, 15) is 9.90 Å². The van der Waals surface area contributed by atoms with Gasteiger partial charge < -0.3 is 9.84 Å². The molecule has 0 saturated carbocycles. The SMILES string of the molecule is CCOc1ccc(-c2cn3c(C(=O)O)cccc3n2)cc1. The van der Waals surface area contributed by atoms with E-state index in [0.717, 1.165) is 17.0 Å². The molecule has 0 amide bonds. The maximum atomic E-state index is 11.2. The summed E-state index contributed by atoms with van der Waals surface area (Å²) in [6, 6.07) is 12.6. The van der Waals surface area contributed by atoms with Crippen LogP contribution in [-0.4, -0.2) is 27.1 Å². The number of rotatable bonds is 4. The number of fused-ring (bicyclic) bond motifs is 1. The van der Waals surface area contributed by atoms with Crippen molar-refractivity contribution in [3.63, 3.8) is 0 Å². The fraction of sp³-hybridized carbons (Fsp3) is 0.125. The largest absolute Gasteiger partial charge is 0.494 e. The summed E-state index contributed by atoms with van der Waals surface area (Å²) in [5, 5.41) is 9.19. The number of carboxylic acids is 1. The maximum absolute atomic E-state index is 11.2. The van der Waals surface area contributed by atoms with Crippen molar-refractivity contribution in [2.75, 3.05) is 6.61 Å². The summed E-state index contributed by atoms with van der Waals surface area (Å²) in [5.41, 5.74) is 2.45. The van der Waals surface area contributed by atoms with Crippen LogP contribution < -0.4 is 4.74 Å². The number of pyridine rings is 1. The molecule has 0 aliphatic rings. The number of aromatic carboxylic acids is 1. The average molecular weight is 282 g/mol. The summed E-state index contributed by atoms with van der Waals surface area (Å²) >= 11 is 0. The third-order valence-corrected chi connectivity index (χ3v) is 3.17. The molecular formula is C16H14N2O3. The van der Waals surface area contributed by atoms with Gasteiger partial charge in [-0.3, -0.25) is 4.40 Å². The van der Waals surface area contributed by atoms with Crippen molar-refractivity contribution in [1.29, 1.82) is 0 Å². The summed E-state index contributed by atoms with van der Waals surface area (Å²) in [6.45, 7) is 2.55. The van der Waals surface area contributed by atoms with Crippen molar-refractivity contribution < 1.29 is 14.6 Å². The minimum atomic E-state index is -0.976. The normalized spacial score (nSPS) is 10.7. The van der Waals surface area contributed by atoms with E-state index in [4.69, 9.17) is 4.74 Å². The first kappa shape index (κ1) is 13.2. The number of carboxylic acid groups (broad SMARTS) is 1. The Morgan fingerprint density at radius 3 is 2.67 bits per heavy atom. The summed E-state index contributed by atoms with van der Waals surface area (Å²) in [7, 11) is 0. The number of nitrogens with zero attached hydrogens (tertiary/aromatic N) is 2. The Morgan fingerprint density at radius 1 is 1.24 bits per heavy atom. The summed E-state index contributed by atoms with van der Waals surface area (Å²) in [6.07, 6.45) is 1.73. The quantitative estimate of drug-likeness (QED) is 0.798. The van der Waals surface area contributed by atoms with E-state index in [1.54, 1.807) is 28.8 Å². The number of ether oxygens (including phenoxy) is 1. The van der Waals surface area contributed by atoms with Gasteiger partial charge >= 0.3 is 5.97 Å². The molecule has 106 valence electrons. The topological polar surface area (TPSA) is 63.8 Å². The number of hydrogen-bond donors (Lipinski definition) is 1. The van der Waals surface area contributed by atoms with E-state index < -0.39 is 5.97 Å². The van der Waals surface area contributed by atoms with Gasteiger partial charge in [0, 0.05) is 11.8 Å². The van der Waals surface area contributed by atoms with Gasteiger partial charge in [0.05, 0.1) is 12.3 Å². The molecule has 0 spiro atoms. The van der Waals surface area contributed by atoms with E-state index in [1.165, 1.54) is 0 Å². The van der Waals surface area contributed by atoms with Crippen LogP contribution in [0.25, 0.3) is 16.9 Å². The van der Waals surface area contributed by atoms with Crippen LogP contribution in [0.5, 0.6) is 5.75 Å². The van der Waals surface area contributed by atoms with Gasteiger partial charge in [-0.25, -0.2) is 9.78 Å². The van der Waals surface area contributed by atoms with Crippen LogP contribution in [-0.2, 0) is 0 Å². The number of aromatic nitrogens is 2. The van der Waals surface area contributed by atoms with Gasteiger partial charge in [0.15, 0.2) is 0 Å². The van der Waals surface area contributed by atoms with Crippen molar-refractivity contribution in [3.05, 3.63) is 54.4 Å². The molecule has 3 aromatic rings. The van der Waals surface area contributed by atoms with Gasteiger partial charge in [-0.2, -0.15) is 0 Å². The molecule has 2 heterocycles. The standard InChI is InChI=1S/C16H14N2O3/c1-2-21-12-8-6-11(7-9-12)13-10-18-14(16(19)20)4-3-5-15(18)17-13/h3-10H,2H2,1H3,(H,19,20). The molecule has 21 heavy (non-hydrogen) atoms. The molecule has 0 radical (unpaired) electrons. The Morgan fingerprint density at radius 2 is 2.00 bits per heavy atom. The van der Waals surface area contributed by atoms with Crippen molar-refractivity contribution in [3.8, 4) is 17.0 Å². The zero-order valence-corrected chi connectivity index (χ0v) is 11.5. The predicted octanol–water partition coefficient (Wildman–Crippen LogP) is 3.10. The molecule has 0 atom stereocenters. The lowest BCUT2D eigenvalue weighted by Crippen LogP contribution is -2.03. The fourth-order valence-corrected chi connectivity index (χ4v) is 2.21. The van der Waals surface area contributed by atoms with Crippen LogP contribution in [0.4, 0.5) is 0 Å². The minimum absolute atomic E-state index is 0.192. The van der Waals surface area contributed by atoms with Crippen LogP contribution in [0.3, 0.4) is 0 Å². The predicted molar refractivity (Wildman–Crippen MR) is 78.8 cm³/mol. The van der Waals surface area contributed by atoms with Crippen LogP contribution in [0.15, 0.2) is 48.7 Å². The Balaban J connectivity index is 2.04. The Bertz CT molecular complexity index is 791.